The first-order valence-electron chi connectivity index (χ1n) is 5.03. The average Bonchev–Trinajstić information content (AvgIpc) is 2.60. The highest BCUT2D eigenvalue weighted by atomic mass is 127. The molecule has 0 spiro atoms. The predicted octanol–water partition coefficient (Wildman–Crippen LogP) is 2.17. The van der Waals surface area contributed by atoms with Crippen molar-refractivity contribution >= 4 is 52.0 Å². The van der Waals surface area contributed by atoms with Gasteiger partial charge in [-0.05, 0) is 34.7 Å². The van der Waals surface area contributed by atoms with Crippen LogP contribution in [0.1, 0.15) is 23.2 Å². The van der Waals surface area contributed by atoms with Crippen molar-refractivity contribution in [2.45, 2.75) is 12.8 Å². The van der Waals surface area contributed by atoms with Crippen molar-refractivity contribution in [1.82, 2.24) is 5.06 Å². The maximum Gasteiger partial charge on any atom is 0.366 e. The highest BCUT2D eigenvalue weighted by Gasteiger charge is 2.33. The van der Waals surface area contributed by atoms with E-state index in [2.05, 4.69) is 0 Å². The van der Waals surface area contributed by atoms with Gasteiger partial charge in [-0.1, -0.05) is 17.7 Å². The van der Waals surface area contributed by atoms with E-state index < -0.39 is 17.8 Å². The molecule has 1 heterocycles. The summed E-state index contributed by atoms with van der Waals surface area (Å²) >= 11 is 7.81. The van der Waals surface area contributed by atoms with E-state index >= 15 is 0 Å². The molecular weight excluding hydrogens is 372 g/mol. The van der Waals surface area contributed by atoms with E-state index in [1.54, 1.807) is 12.1 Å². The Kier molecular flexibility index (Phi) is 3.86. The first-order valence-corrected chi connectivity index (χ1v) is 6.48. The molecule has 2 amide bonds. The Morgan fingerprint density at radius 3 is 2.44 bits per heavy atom. The summed E-state index contributed by atoms with van der Waals surface area (Å²) < 4.78 is 0.587. The lowest BCUT2D eigenvalue weighted by atomic mass is 10.2. The van der Waals surface area contributed by atoms with Crippen LogP contribution in [0.15, 0.2) is 18.2 Å². The number of halogens is 2. The van der Waals surface area contributed by atoms with E-state index in [4.69, 9.17) is 16.4 Å². The molecule has 0 bridgehead atoms. The molecule has 1 aromatic rings. The van der Waals surface area contributed by atoms with Crippen molar-refractivity contribution in [1.29, 1.82) is 0 Å². The zero-order valence-corrected chi connectivity index (χ0v) is 11.9. The van der Waals surface area contributed by atoms with Gasteiger partial charge in [-0.2, -0.15) is 0 Å². The fraction of sp³-hybridized carbons (Fsp3) is 0.182. The van der Waals surface area contributed by atoms with Crippen LogP contribution in [0.25, 0.3) is 0 Å². The van der Waals surface area contributed by atoms with Crippen LogP contribution in [-0.4, -0.2) is 22.8 Å². The Morgan fingerprint density at radius 2 is 1.89 bits per heavy atom. The molecular formula is C11H7ClINO4. The van der Waals surface area contributed by atoms with Crippen LogP contribution >= 0.6 is 34.2 Å². The first kappa shape index (κ1) is 13.3. The highest BCUT2D eigenvalue weighted by molar-refractivity contribution is 14.1. The number of hydrogen-bond donors (Lipinski definition) is 0. The molecule has 1 saturated heterocycles. The van der Waals surface area contributed by atoms with Crippen LogP contribution in [0, 0.1) is 3.57 Å². The van der Waals surface area contributed by atoms with E-state index in [0.29, 0.717) is 8.63 Å². The Hall–Kier alpha value is -1.15. The number of imide groups is 1. The lowest BCUT2D eigenvalue weighted by Gasteiger charge is -2.13. The predicted molar refractivity (Wildman–Crippen MR) is 70.7 cm³/mol. The van der Waals surface area contributed by atoms with Gasteiger partial charge in [0, 0.05) is 16.4 Å². The average molecular weight is 380 g/mol. The van der Waals surface area contributed by atoms with E-state index in [1.165, 1.54) is 6.07 Å². The second kappa shape index (κ2) is 5.23. The maximum absolute atomic E-state index is 11.9. The van der Waals surface area contributed by atoms with Crippen molar-refractivity contribution in [3.8, 4) is 0 Å². The zero-order valence-electron chi connectivity index (χ0n) is 8.98. The maximum atomic E-state index is 11.9. The van der Waals surface area contributed by atoms with Crippen LogP contribution in [0.2, 0.25) is 5.02 Å². The number of benzene rings is 1. The smallest absolute Gasteiger partial charge is 0.325 e. The van der Waals surface area contributed by atoms with Gasteiger partial charge in [0.25, 0.3) is 11.8 Å². The van der Waals surface area contributed by atoms with Crippen LogP contribution in [0.5, 0.6) is 0 Å². The Bertz CT molecular complexity index is 510. The van der Waals surface area contributed by atoms with Gasteiger partial charge in [0.15, 0.2) is 0 Å². The molecule has 0 aromatic heterocycles. The molecule has 18 heavy (non-hydrogen) atoms. The van der Waals surface area contributed by atoms with Gasteiger partial charge in [0.2, 0.25) is 0 Å². The van der Waals surface area contributed by atoms with E-state index in [0.717, 1.165) is 0 Å². The number of hydrogen-bond acceptors (Lipinski definition) is 4. The van der Waals surface area contributed by atoms with Crippen molar-refractivity contribution in [3.05, 3.63) is 32.4 Å². The summed E-state index contributed by atoms with van der Waals surface area (Å²) in [4.78, 5) is 39.3. The molecule has 0 aliphatic carbocycles. The third kappa shape index (κ3) is 2.49. The molecule has 5 nitrogen and oxygen atoms in total. The Balaban J connectivity index is 2.23. The summed E-state index contributed by atoms with van der Waals surface area (Å²) in [6, 6.07) is 4.90. The van der Waals surface area contributed by atoms with Crippen molar-refractivity contribution in [2.24, 2.45) is 0 Å². The molecule has 1 aliphatic heterocycles. The van der Waals surface area contributed by atoms with E-state index in [1.807, 2.05) is 22.6 Å². The van der Waals surface area contributed by atoms with Crippen LogP contribution in [-0.2, 0) is 14.4 Å². The highest BCUT2D eigenvalue weighted by Crippen LogP contribution is 2.24. The van der Waals surface area contributed by atoms with Gasteiger partial charge in [-0.15, -0.1) is 5.06 Å². The molecule has 1 aliphatic rings. The summed E-state index contributed by atoms with van der Waals surface area (Å²) in [7, 11) is 0. The molecule has 1 aromatic carbocycles. The van der Waals surface area contributed by atoms with E-state index in [-0.39, 0.29) is 23.4 Å². The minimum Gasteiger partial charge on any atom is -0.325 e. The third-order valence-corrected chi connectivity index (χ3v) is 3.56. The monoisotopic (exact) mass is 379 g/mol. The molecule has 7 heteroatoms. The largest absolute Gasteiger partial charge is 0.366 e. The molecule has 0 saturated carbocycles. The summed E-state index contributed by atoms with van der Waals surface area (Å²) in [5, 5.41) is 0.716. The summed E-state index contributed by atoms with van der Waals surface area (Å²) in [6.07, 6.45) is 0.122. The van der Waals surface area contributed by atoms with Crippen LogP contribution in [0.3, 0.4) is 0 Å². The number of amides is 2. The van der Waals surface area contributed by atoms with E-state index in [9.17, 15) is 14.4 Å². The third-order valence-electron chi connectivity index (χ3n) is 2.35. The van der Waals surface area contributed by atoms with Gasteiger partial charge < -0.3 is 4.84 Å². The molecule has 0 unspecified atom stereocenters. The molecule has 0 atom stereocenters. The first-order chi connectivity index (χ1) is 8.50. The molecule has 2 rings (SSSR count). The lowest BCUT2D eigenvalue weighted by molar-refractivity contribution is -0.172. The Morgan fingerprint density at radius 1 is 1.28 bits per heavy atom. The van der Waals surface area contributed by atoms with Gasteiger partial charge in [-0.3, -0.25) is 9.59 Å². The normalized spacial score (nSPS) is 15.1. The second-order valence-electron chi connectivity index (χ2n) is 3.56. The summed E-state index contributed by atoms with van der Waals surface area (Å²) in [5.74, 6) is -1.85. The topological polar surface area (TPSA) is 63.7 Å². The number of rotatable bonds is 2. The fourth-order valence-electron chi connectivity index (χ4n) is 1.48. The summed E-state index contributed by atoms with van der Waals surface area (Å²) in [5.41, 5.74) is 0.146. The quantitative estimate of drug-likeness (QED) is 0.584. The van der Waals surface area contributed by atoms with Crippen molar-refractivity contribution in [2.75, 3.05) is 0 Å². The van der Waals surface area contributed by atoms with Gasteiger partial charge >= 0.3 is 5.97 Å². The SMILES string of the molecule is O=C(ON1C(=O)CCC1=O)c1c(Cl)cccc1I. The number of nitrogens with zero attached hydrogens (tertiary/aromatic N) is 1. The fourth-order valence-corrected chi connectivity index (χ4v) is 2.61. The Labute approximate surface area is 121 Å². The van der Waals surface area contributed by atoms with Crippen molar-refractivity contribution < 1.29 is 19.2 Å². The van der Waals surface area contributed by atoms with Gasteiger partial charge in [-0.25, -0.2) is 4.79 Å². The minimum absolute atomic E-state index is 0.0612. The number of carbonyl (C=O) groups is 3. The minimum atomic E-state index is -0.811. The lowest BCUT2D eigenvalue weighted by Crippen LogP contribution is -2.32. The van der Waals surface area contributed by atoms with Crippen LogP contribution < -0.4 is 0 Å². The van der Waals surface area contributed by atoms with Crippen LogP contribution in [0.4, 0.5) is 0 Å². The second-order valence-corrected chi connectivity index (χ2v) is 5.13. The van der Waals surface area contributed by atoms with Gasteiger partial charge in [0.1, 0.15) is 0 Å². The zero-order chi connectivity index (χ0) is 13.3. The summed E-state index contributed by atoms with van der Waals surface area (Å²) in [6.45, 7) is 0. The number of carbonyl (C=O) groups excluding carboxylic acids is 3. The molecule has 1 fully saturated rings. The van der Waals surface area contributed by atoms with Crippen molar-refractivity contribution in [3.63, 3.8) is 0 Å². The molecule has 0 N–H and O–H groups in total. The number of hydroxylamine groups is 2. The molecule has 0 radical (unpaired) electrons. The van der Waals surface area contributed by atoms with Gasteiger partial charge in [0.05, 0.1) is 10.6 Å². The standard InChI is InChI=1S/C11H7ClINO4/c12-6-2-1-3-7(13)10(6)11(17)18-14-8(15)4-5-9(14)16/h1-3H,4-5H2. The molecule has 94 valence electrons.